The molecule has 4 rings (SSSR count). The molecule has 0 aromatic carbocycles. The van der Waals surface area contributed by atoms with E-state index in [0.717, 1.165) is 59.8 Å². The Kier molecular flexibility index (Phi) is 3.07. The number of aromatic amines is 1. The molecular weight excluding hydrogens is 276 g/mol. The number of likely N-dealkylation sites (tertiary alicyclic amines) is 1. The average Bonchev–Trinajstić information content (AvgIpc) is 3.04. The first-order chi connectivity index (χ1) is 10.6. The highest BCUT2D eigenvalue weighted by Crippen LogP contribution is 2.27. The number of rotatable bonds is 2. The van der Waals surface area contributed by atoms with Crippen molar-refractivity contribution in [2.75, 3.05) is 25.5 Å². The van der Waals surface area contributed by atoms with Gasteiger partial charge in [0.15, 0.2) is 5.65 Å². The molecule has 0 spiro atoms. The summed E-state index contributed by atoms with van der Waals surface area (Å²) in [6.07, 6.45) is 2.33. The molecule has 6 heteroatoms. The van der Waals surface area contributed by atoms with Gasteiger partial charge in [0.2, 0.25) is 0 Å². The van der Waals surface area contributed by atoms with Crippen molar-refractivity contribution in [2.24, 2.45) is 0 Å². The van der Waals surface area contributed by atoms with Gasteiger partial charge in [0.05, 0.1) is 16.7 Å². The topological polar surface area (TPSA) is 61.2 Å². The molecule has 3 aromatic heterocycles. The molecule has 0 atom stereocenters. The second kappa shape index (κ2) is 4.98. The van der Waals surface area contributed by atoms with E-state index in [1.165, 1.54) is 0 Å². The predicted octanol–water partition coefficient (Wildman–Crippen LogP) is 2.33. The number of aromatic nitrogens is 4. The van der Waals surface area contributed by atoms with Crippen LogP contribution in [0.3, 0.4) is 0 Å². The van der Waals surface area contributed by atoms with Crippen molar-refractivity contribution < 1.29 is 0 Å². The van der Waals surface area contributed by atoms with E-state index in [0.29, 0.717) is 6.04 Å². The number of nitrogens with one attached hydrogen (secondary N) is 2. The maximum absolute atomic E-state index is 4.38. The quantitative estimate of drug-likeness (QED) is 0.762. The molecule has 1 fully saturated rings. The Morgan fingerprint density at radius 1 is 1.18 bits per heavy atom. The number of H-pyrrole nitrogens is 1. The zero-order valence-corrected chi connectivity index (χ0v) is 13.3. The van der Waals surface area contributed by atoms with Crippen molar-refractivity contribution in [2.45, 2.75) is 32.7 Å². The maximum atomic E-state index is 4.38. The van der Waals surface area contributed by atoms with Gasteiger partial charge in [0.25, 0.3) is 0 Å². The third kappa shape index (κ3) is 2.14. The fourth-order valence-corrected chi connectivity index (χ4v) is 3.40. The Balaban J connectivity index is 1.78. The van der Waals surface area contributed by atoms with E-state index in [-0.39, 0.29) is 0 Å². The van der Waals surface area contributed by atoms with Crippen LogP contribution in [-0.4, -0.2) is 50.7 Å². The first-order valence-electron chi connectivity index (χ1n) is 7.91. The van der Waals surface area contributed by atoms with Gasteiger partial charge >= 0.3 is 0 Å². The van der Waals surface area contributed by atoms with Crippen LogP contribution in [0.25, 0.3) is 16.7 Å². The number of nitrogens with zero attached hydrogens (tertiary/aromatic N) is 4. The molecule has 0 aliphatic carbocycles. The van der Waals surface area contributed by atoms with E-state index in [4.69, 9.17) is 0 Å². The molecule has 0 saturated carbocycles. The van der Waals surface area contributed by atoms with Crippen molar-refractivity contribution in [3.05, 3.63) is 23.7 Å². The lowest BCUT2D eigenvalue weighted by molar-refractivity contribution is 0.264. The van der Waals surface area contributed by atoms with E-state index < -0.39 is 0 Å². The Hall–Kier alpha value is -2.08. The molecule has 0 bridgehead atoms. The summed E-state index contributed by atoms with van der Waals surface area (Å²) in [5.74, 6) is 0.922. The Morgan fingerprint density at radius 3 is 2.73 bits per heavy atom. The molecule has 1 saturated heterocycles. The second-order valence-corrected chi connectivity index (χ2v) is 6.44. The molecule has 4 heterocycles. The normalized spacial score (nSPS) is 17.6. The summed E-state index contributed by atoms with van der Waals surface area (Å²) in [5.41, 5.74) is 5.42. The highest BCUT2D eigenvalue weighted by molar-refractivity contribution is 5.87. The zero-order valence-electron chi connectivity index (χ0n) is 13.3. The monoisotopic (exact) mass is 298 g/mol. The molecule has 3 aromatic rings. The number of hydrogen-bond donors (Lipinski definition) is 2. The summed E-state index contributed by atoms with van der Waals surface area (Å²) in [7, 11) is 2.18. The lowest BCUT2D eigenvalue weighted by Crippen LogP contribution is -2.36. The van der Waals surface area contributed by atoms with Crippen LogP contribution in [0.2, 0.25) is 0 Å². The smallest absolute Gasteiger partial charge is 0.184 e. The fourth-order valence-electron chi connectivity index (χ4n) is 3.40. The molecule has 116 valence electrons. The molecule has 1 aliphatic rings. The summed E-state index contributed by atoms with van der Waals surface area (Å²) in [6.45, 7) is 6.36. The van der Waals surface area contributed by atoms with Gasteiger partial charge in [-0.25, -0.2) is 0 Å². The first-order valence-corrected chi connectivity index (χ1v) is 7.91. The summed E-state index contributed by atoms with van der Waals surface area (Å²) in [6, 6.07) is 4.83. The number of fused-ring (bicyclic) bond motifs is 3. The van der Waals surface area contributed by atoms with Crippen LogP contribution >= 0.6 is 0 Å². The summed E-state index contributed by atoms with van der Waals surface area (Å²) in [5, 5.41) is 12.3. The summed E-state index contributed by atoms with van der Waals surface area (Å²) >= 11 is 0. The molecule has 1 aliphatic heterocycles. The number of piperidine rings is 1. The minimum atomic E-state index is 0.505. The van der Waals surface area contributed by atoms with Crippen molar-refractivity contribution in [1.29, 1.82) is 0 Å². The highest BCUT2D eigenvalue weighted by atomic mass is 15.3. The van der Waals surface area contributed by atoms with Crippen LogP contribution in [-0.2, 0) is 0 Å². The van der Waals surface area contributed by atoms with Crippen LogP contribution in [0, 0.1) is 13.8 Å². The van der Waals surface area contributed by atoms with Crippen LogP contribution < -0.4 is 5.32 Å². The van der Waals surface area contributed by atoms with Gasteiger partial charge in [-0.2, -0.15) is 0 Å². The maximum Gasteiger partial charge on any atom is 0.184 e. The van der Waals surface area contributed by atoms with Crippen molar-refractivity contribution in [3.8, 4) is 0 Å². The lowest BCUT2D eigenvalue weighted by atomic mass is 10.1. The SMILES string of the molecule is Cc1cc2c(cc(NC3CCN(C)CC3)c3nnc(C)n32)[nH]1. The third-order valence-corrected chi connectivity index (χ3v) is 4.63. The first kappa shape index (κ1) is 13.6. The van der Waals surface area contributed by atoms with E-state index in [2.05, 4.69) is 55.9 Å². The van der Waals surface area contributed by atoms with Crippen LogP contribution in [0.1, 0.15) is 24.4 Å². The van der Waals surface area contributed by atoms with E-state index in [1.54, 1.807) is 0 Å². The zero-order chi connectivity index (χ0) is 15.3. The molecule has 2 N–H and O–H groups in total. The second-order valence-electron chi connectivity index (χ2n) is 6.44. The Labute approximate surface area is 129 Å². The molecule has 0 unspecified atom stereocenters. The Morgan fingerprint density at radius 2 is 1.95 bits per heavy atom. The minimum absolute atomic E-state index is 0.505. The van der Waals surface area contributed by atoms with Crippen molar-refractivity contribution in [3.63, 3.8) is 0 Å². The molecule has 6 nitrogen and oxygen atoms in total. The number of hydrogen-bond acceptors (Lipinski definition) is 4. The average molecular weight is 298 g/mol. The van der Waals surface area contributed by atoms with Crippen LogP contribution in [0.5, 0.6) is 0 Å². The van der Waals surface area contributed by atoms with E-state index in [1.807, 2.05) is 6.92 Å². The van der Waals surface area contributed by atoms with Gasteiger partial charge in [0, 0.05) is 11.7 Å². The predicted molar refractivity (Wildman–Crippen MR) is 88.5 cm³/mol. The fraction of sp³-hybridized carbons (Fsp3) is 0.500. The number of anilines is 1. The summed E-state index contributed by atoms with van der Waals surface area (Å²) in [4.78, 5) is 5.81. The lowest BCUT2D eigenvalue weighted by Gasteiger charge is -2.30. The van der Waals surface area contributed by atoms with E-state index in [9.17, 15) is 0 Å². The van der Waals surface area contributed by atoms with Crippen LogP contribution in [0.4, 0.5) is 5.69 Å². The van der Waals surface area contributed by atoms with Gasteiger partial charge < -0.3 is 15.2 Å². The molecule has 0 amide bonds. The van der Waals surface area contributed by atoms with Gasteiger partial charge in [0.1, 0.15) is 5.82 Å². The highest BCUT2D eigenvalue weighted by Gasteiger charge is 2.19. The number of pyridine rings is 1. The van der Waals surface area contributed by atoms with Gasteiger partial charge in [-0.05, 0) is 59.0 Å². The Bertz CT molecular complexity index is 822. The third-order valence-electron chi connectivity index (χ3n) is 4.63. The molecule has 22 heavy (non-hydrogen) atoms. The molecular formula is C16H22N6. The number of aryl methyl sites for hydroxylation is 2. The minimum Gasteiger partial charge on any atom is -0.379 e. The van der Waals surface area contributed by atoms with Gasteiger partial charge in [-0.15, -0.1) is 10.2 Å². The van der Waals surface area contributed by atoms with Crippen LogP contribution in [0.15, 0.2) is 12.1 Å². The van der Waals surface area contributed by atoms with Crippen molar-refractivity contribution >= 4 is 22.4 Å². The van der Waals surface area contributed by atoms with Crippen molar-refractivity contribution in [1.82, 2.24) is 24.5 Å². The van der Waals surface area contributed by atoms with Gasteiger partial charge in [-0.1, -0.05) is 0 Å². The van der Waals surface area contributed by atoms with Gasteiger partial charge in [-0.3, -0.25) is 4.40 Å². The summed E-state index contributed by atoms with van der Waals surface area (Å²) < 4.78 is 2.14. The largest absolute Gasteiger partial charge is 0.379 e. The molecule has 0 radical (unpaired) electrons. The standard InChI is InChI=1S/C16H22N6/c1-10-8-15-13(17-10)9-14(16-20-19-11(2)22(15)16)18-12-4-6-21(3)7-5-12/h8-9,12,17-18H,4-7H2,1-3H3. The van der Waals surface area contributed by atoms with E-state index >= 15 is 0 Å².